The van der Waals surface area contributed by atoms with Gasteiger partial charge in [-0.15, -0.1) is 0 Å². The number of halogens is 4. The van der Waals surface area contributed by atoms with Gasteiger partial charge in [-0.1, -0.05) is 12.1 Å². The Labute approximate surface area is 111 Å². The minimum Gasteiger partial charge on any atom is -0.361 e. The van der Waals surface area contributed by atoms with Gasteiger partial charge in [-0.25, -0.2) is 4.39 Å². The smallest absolute Gasteiger partial charge is 0.361 e. The predicted molar refractivity (Wildman–Crippen MR) is 68.7 cm³/mol. The van der Waals surface area contributed by atoms with Crippen LogP contribution >= 0.6 is 0 Å². The lowest BCUT2D eigenvalue weighted by atomic mass is 10.0. The average Bonchev–Trinajstić information content (AvgIpc) is 2.87. The molecule has 0 aliphatic rings. The van der Waals surface area contributed by atoms with Gasteiger partial charge >= 0.3 is 6.18 Å². The molecule has 102 valence electrons. The lowest BCUT2D eigenvalue weighted by Crippen LogP contribution is -2.04. The van der Waals surface area contributed by atoms with Gasteiger partial charge in [0, 0.05) is 22.7 Å². The number of aromatic amines is 1. The average molecular weight is 279 g/mol. The lowest BCUT2D eigenvalue weighted by Gasteiger charge is -2.10. The number of aromatic nitrogens is 1. The van der Waals surface area contributed by atoms with Crippen LogP contribution in [-0.2, 0) is 6.18 Å². The van der Waals surface area contributed by atoms with E-state index in [1.54, 1.807) is 18.3 Å². The summed E-state index contributed by atoms with van der Waals surface area (Å²) in [6.07, 6.45) is -2.85. The van der Waals surface area contributed by atoms with Crippen LogP contribution in [0.1, 0.15) is 5.56 Å². The van der Waals surface area contributed by atoms with Crippen LogP contribution in [0.2, 0.25) is 0 Å². The number of rotatable bonds is 1. The van der Waals surface area contributed by atoms with Crippen molar-refractivity contribution in [3.8, 4) is 11.1 Å². The van der Waals surface area contributed by atoms with Crippen LogP contribution in [0.25, 0.3) is 22.0 Å². The molecule has 1 N–H and O–H groups in total. The van der Waals surface area contributed by atoms with Crippen LogP contribution < -0.4 is 0 Å². The molecule has 1 aromatic heterocycles. The SMILES string of the molecule is Fc1c(-c2cccc(C(F)(F)F)c2)ccc2[nH]ccc12. The molecule has 1 nitrogen and oxygen atoms in total. The third-order valence-electron chi connectivity index (χ3n) is 3.17. The van der Waals surface area contributed by atoms with Crippen molar-refractivity contribution in [2.24, 2.45) is 0 Å². The van der Waals surface area contributed by atoms with Crippen LogP contribution in [0, 0.1) is 5.82 Å². The molecule has 0 unspecified atom stereocenters. The summed E-state index contributed by atoms with van der Waals surface area (Å²) in [4.78, 5) is 2.85. The van der Waals surface area contributed by atoms with Crippen molar-refractivity contribution in [1.29, 1.82) is 0 Å². The molecule has 0 bridgehead atoms. The molecule has 0 aliphatic carbocycles. The van der Waals surface area contributed by atoms with Crippen molar-refractivity contribution in [2.45, 2.75) is 6.18 Å². The first kappa shape index (κ1) is 12.7. The molecule has 0 saturated carbocycles. The van der Waals surface area contributed by atoms with E-state index < -0.39 is 17.6 Å². The van der Waals surface area contributed by atoms with E-state index in [1.807, 2.05) is 0 Å². The van der Waals surface area contributed by atoms with Crippen LogP contribution in [0.3, 0.4) is 0 Å². The normalized spacial score (nSPS) is 12.0. The van der Waals surface area contributed by atoms with Gasteiger partial charge in [-0.3, -0.25) is 0 Å². The molecular weight excluding hydrogens is 270 g/mol. The Balaban J connectivity index is 2.18. The fraction of sp³-hybridized carbons (Fsp3) is 0.0667. The number of fused-ring (bicyclic) bond motifs is 1. The number of alkyl halides is 3. The summed E-state index contributed by atoms with van der Waals surface area (Å²) < 4.78 is 52.4. The molecule has 0 saturated heterocycles. The van der Waals surface area contributed by atoms with Gasteiger partial charge in [0.2, 0.25) is 0 Å². The van der Waals surface area contributed by atoms with Crippen LogP contribution in [-0.4, -0.2) is 4.98 Å². The summed E-state index contributed by atoms with van der Waals surface area (Å²) in [6, 6.07) is 9.34. The molecule has 0 spiro atoms. The third kappa shape index (κ3) is 2.05. The van der Waals surface area contributed by atoms with Gasteiger partial charge in [-0.05, 0) is 35.9 Å². The molecule has 20 heavy (non-hydrogen) atoms. The zero-order chi connectivity index (χ0) is 14.3. The third-order valence-corrected chi connectivity index (χ3v) is 3.17. The van der Waals surface area contributed by atoms with E-state index in [-0.39, 0.29) is 11.1 Å². The van der Waals surface area contributed by atoms with Gasteiger partial charge in [0.1, 0.15) is 5.82 Å². The second-order valence-corrected chi connectivity index (χ2v) is 4.44. The highest BCUT2D eigenvalue weighted by Gasteiger charge is 2.30. The van der Waals surface area contributed by atoms with Gasteiger partial charge in [0.05, 0.1) is 5.56 Å². The molecule has 1 heterocycles. The van der Waals surface area contributed by atoms with Crippen molar-refractivity contribution >= 4 is 10.9 Å². The van der Waals surface area contributed by atoms with E-state index in [1.165, 1.54) is 18.2 Å². The van der Waals surface area contributed by atoms with E-state index >= 15 is 0 Å². The lowest BCUT2D eigenvalue weighted by molar-refractivity contribution is -0.137. The maximum absolute atomic E-state index is 14.3. The van der Waals surface area contributed by atoms with E-state index in [9.17, 15) is 17.6 Å². The van der Waals surface area contributed by atoms with Crippen molar-refractivity contribution in [3.63, 3.8) is 0 Å². The maximum atomic E-state index is 14.3. The second-order valence-electron chi connectivity index (χ2n) is 4.44. The van der Waals surface area contributed by atoms with E-state index in [2.05, 4.69) is 4.98 Å². The largest absolute Gasteiger partial charge is 0.416 e. The summed E-state index contributed by atoms with van der Waals surface area (Å²) in [5.41, 5.74) is 0.186. The highest BCUT2D eigenvalue weighted by molar-refractivity contribution is 5.86. The number of hydrogen-bond donors (Lipinski definition) is 1. The minimum atomic E-state index is -4.44. The van der Waals surface area contributed by atoms with E-state index in [0.717, 1.165) is 12.1 Å². The highest BCUT2D eigenvalue weighted by atomic mass is 19.4. The molecule has 3 aromatic rings. The van der Waals surface area contributed by atoms with E-state index in [4.69, 9.17) is 0 Å². The Hall–Kier alpha value is -2.30. The Morgan fingerprint density at radius 1 is 0.950 bits per heavy atom. The number of nitrogens with one attached hydrogen (secondary N) is 1. The van der Waals surface area contributed by atoms with Gasteiger partial charge in [0.25, 0.3) is 0 Å². The van der Waals surface area contributed by atoms with Gasteiger partial charge in [0.15, 0.2) is 0 Å². The van der Waals surface area contributed by atoms with Crippen LogP contribution in [0.4, 0.5) is 17.6 Å². The summed E-state index contributed by atoms with van der Waals surface area (Å²) in [5, 5.41) is 0.361. The summed E-state index contributed by atoms with van der Waals surface area (Å²) in [7, 11) is 0. The first-order valence-electron chi connectivity index (χ1n) is 5.90. The first-order valence-corrected chi connectivity index (χ1v) is 5.90. The topological polar surface area (TPSA) is 15.8 Å². The predicted octanol–water partition coefficient (Wildman–Crippen LogP) is 4.99. The summed E-state index contributed by atoms with van der Waals surface area (Å²) in [6.45, 7) is 0. The van der Waals surface area contributed by atoms with E-state index in [0.29, 0.717) is 10.9 Å². The second kappa shape index (κ2) is 4.37. The van der Waals surface area contributed by atoms with Crippen LogP contribution in [0.15, 0.2) is 48.7 Å². The minimum absolute atomic E-state index is 0.156. The highest BCUT2D eigenvalue weighted by Crippen LogP contribution is 2.34. The van der Waals surface area contributed by atoms with Crippen molar-refractivity contribution in [1.82, 2.24) is 4.98 Å². The summed E-state index contributed by atoms with van der Waals surface area (Å²) in [5.74, 6) is -0.525. The quantitative estimate of drug-likeness (QED) is 0.604. The first-order chi connectivity index (χ1) is 9.47. The van der Waals surface area contributed by atoms with Gasteiger partial charge < -0.3 is 4.98 Å². The van der Waals surface area contributed by atoms with Crippen molar-refractivity contribution in [2.75, 3.05) is 0 Å². The molecule has 0 radical (unpaired) electrons. The number of H-pyrrole nitrogens is 1. The molecule has 5 heteroatoms. The Morgan fingerprint density at radius 3 is 2.50 bits per heavy atom. The zero-order valence-electron chi connectivity index (χ0n) is 10.1. The molecule has 2 aromatic carbocycles. The molecule has 0 atom stereocenters. The number of benzene rings is 2. The maximum Gasteiger partial charge on any atom is 0.416 e. The standard InChI is InChI=1S/C15H9F4N/c16-14-11(4-5-13-12(14)6-7-20-13)9-2-1-3-10(8-9)15(17,18)19/h1-8,20H. The van der Waals surface area contributed by atoms with Crippen molar-refractivity contribution in [3.05, 3.63) is 60.0 Å². The summed E-state index contributed by atoms with van der Waals surface area (Å²) >= 11 is 0. The van der Waals surface area contributed by atoms with Gasteiger partial charge in [-0.2, -0.15) is 13.2 Å². The molecule has 0 fully saturated rings. The van der Waals surface area contributed by atoms with Crippen LogP contribution in [0.5, 0.6) is 0 Å². The number of hydrogen-bond acceptors (Lipinski definition) is 0. The Kier molecular flexibility index (Phi) is 2.78. The monoisotopic (exact) mass is 279 g/mol. The molecule has 0 aliphatic heterocycles. The zero-order valence-corrected chi connectivity index (χ0v) is 10.1. The fourth-order valence-electron chi connectivity index (χ4n) is 2.18. The Bertz CT molecular complexity index is 771. The fourth-order valence-corrected chi connectivity index (χ4v) is 2.18. The molecular formula is C15H9F4N. The molecule has 0 amide bonds. The van der Waals surface area contributed by atoms with Crippen molar-refractivity contribution < 1.29 is 17.6 Å². The molecule has 3 rings (SSSR count). The Morgan fingerprint density at radius 2 is 1.75 bits per heavy atom.